The highest BCUT2D eigenvalue weighted by molar-refractivity contribution is 7.90. The third-order valence-electron chi connectivity index (χ3n) is 5.91. The molecule has 11 nitrogen and oxygen atoms in total. The van der Waals surface area contributed by atoms with Crippen LogP contribution in [-0.2, 0) is 34.2 Å². The molecule has 1 aliphatic carbocycles. The Bertz CT molecular complexity index is 1300. The number of nitrogens with one attached hydrogen (secondary N) is 1. The number of amides is 1. The van der Waals surface area contributed by atoms with E-state index in [1.54, 1.807) is 12.4 Å². The number of carbonyl (C=O) groups is 2. The normalized spacial score (nSPS) is 15.4. The third-order valence-corrected chi connectivity index (χ3v) is 8.96. The summed E-state index contributed by atoms with van der Waals surface area (Å²) < 4.78 is 61.9. The molecular weight excluding hydrogens is 512 g/mol. The summed E-state index contributed by atoms with van der Waals surface area (Å²) >= 11 is 0. The molecule has 0 unspecified atom stereocenters. The number of hydrogen-bond donors (Lipinski definition) is 2. The molecule has 196 valence electrons. The van der Waals surface area contributed by atoms with Gasteiger partial charge in [-0.1, -0.05) is 12.8 Å². The summed E-state index contributed by atoms with van der Waals surface area (Å²) in [5.41, 5.74) is -0.0902. The van der Waals surface area contributed by atoms with Gasteiger partial charge in [0.2, 0.25) is 10.0 Å². The van der Waals surface area contributed by atoms with Crippen LogP contribution in [0.2, 0.25) is 0 Å². The van der Waals surface area contributed by atoms with Gasteiger partial charge in [-0.2, -0.15) is 4.31 Å². The van der Waals surface area contributed by atoms with Crippen molar-refractivity contribution in [1.29, 1.82) is 0 Å². The van der Waals surface area contributed by atoms with E-state index in [4.69, 9.17) is 9.47 Å². The van der Waals surface area contributed by atoms with E-state index in [1.807, 2.05) is 0 Å². The van der Waals surface area contributed by atoms with Crippen LogP contribution < -0.4 is 10.2 Å². The predicted molar refractivity (Wildman–Crippen MR) is 128 cm³/mol. The van der Waals surface area contributed by atoms with E-state index in [1.165, 1.54) is 48.5 Å². The molecule has 0 radical (unpaired) electrons. The van der Waals surface area contributed by atoms with Gasteiger partial charge in [0.1, 0.15) is 23.6 Å². The molecule has 0 aliphatic heterocycles. The molecule has 0 heterocycles. The van der Waals surface area contributed by atoms with E-state index in [0.29, 0.717) is 18.6 Å². The Morgan fingerprint density at radius 3 is 1.89 bits per heavy atom. The van der Waals surface area contributed by atoms with Crippen molar-refractivity contribution in [2.45, 2.75) is 47.9 Å². The van der Waals surface area contributed by atoms with Crippen LogP contribution in [0.15, 0.2) is 58.3 Å². The van der Waals surface area contributed by atoms with Gasteiger partial charge >= 0.3 is 5.97 Å². The Kier molecular flexibility index (Phi) is 8.39. The van der Waals surface area contributed by atoms with Crippen LogP contribution in [0.4, 0.5) is 0 Å². The van der Waals surface area contributed by atoms with E-state index >= 15 is 0 Å². The zero-order valence-corrected chi connectivity index (χ0v) is 21.5. The smallest absolute Gasteiger partial charge is 0.321 e. The minimum atomic E-state index is -4.38. The quantitative estimate of drug-likeness (QED) is 0.262. The summed E-state index contributed by atoms with van der Waals surface area (Å²) in [6, 6.07) is 11.1. The fourth-order valence-electron chi connectivity index (χ4n) is 4.14. The second-order valence-electron chi connectivity index (χ2n) is 8.31. The van der Waals surface area contributed by atoms with Gasteiger partial charge in [0, 0.05) is 6.26 Å². The topological polar surface area (TPSA) is 156 Å². The maximum Gasteiger partial charge on any atom is 0.321 e. The molecule has 0 saturated heterocycles. The summed E-state index contributed by atoms with van der Waals surface area (Å²) in [5.74, 6) is -1.12. The van der Waals surface area contributed by atoms with Crippen LogP contribution in [0, 0.1) is 0 Å². The number of rotatable bonds is 10. The molecule has 1 aliphatic rings. The van der Waals surface area contributed by atoms with E-state index in [0.717, 1.165) is 10.6 Å². The van der Waals surface area contributed by atoms with Gasteiger partial charge < -0.3 is 9.47 Å². The van der Waals surface area contributed by atoms with Crippen molar-refractivity contribution in [2.75, 3.05) is 19.4 Å². The van der Waals surface area contributed by atoms with Gasteiger partial charge in [0.25, 0.3) is 5.91 Å². The highest BCUT2D eigenvalue weighted by atomic mass is 32.2. The second-order valence-corrected chi connectivity index (χ2v) is 12.2. The summed E-state index contributed by atoms with van der Waals surface area (Å²) in [7, 11) is -7.74. The molecule has 3 rings (SSSR count). The molecule has 2 aromatic rings. The minimum Gasteiger partial charge on any atom is -0.465 e. The first kappa shape index (κ1) is 27.6. The molecule has 0 spiro atoms. The van der Waals surface area contributed by atoms with Crippen molar-refractivity contribution in [1.82, 2.24) is 9.79 Å². The summed E-state index contributed by atoms with van der Waals surface area (Å²) in [5, 5.41) is 9.33. The second kappa shape index (κ2) is 10.9. The molecule has 0 atom stereocenters. The molecule has 36 heavy (non-hydrogen) atoms. The molecule has 2 N–H and O–H groups in total. The summed E-state index contributed by atoms with van der Waals surface area (Å²) in [6.07, 6.45) is 2.42. The average molecular weight is 541 g/mol. The van der Waals surface area contributed by atoms with E-state index in [2.05, 4.69) is 0 Å². The maximum absolute atomic E-state index is 13.6. The van der Waals surface area contributed by atoms with E-state index in [-0.39, 0.29) is 35.0 Å². The lowest BCUT2D eigenvalue weighted by Crippen LogP contribution is -2.60. The number of benzene rings is 2. The number of sulfonamides is 1. The number of hydroxylamine groups is 1. The van der Waals surface area contributed by atoms with Crippen molar-refractivity contribution < 1.29 is 41.1 Å². The Hall–Kier alpha value is -3.00. The zero-order chi connectivity index (χ0) is 26.6. The first-order valence-electron chi connectivity index (χ1n) is 11.1. The first-order chi connectivity index (χ1) is 16.9. The van der Waals surface area contributed by atoms with Crippen LogP contribution in [0.5, 0.6) is 11.5 Å². The lowest BCUT2D eigenvalue weighted by molar-refractivity contribution is -0.147. The number of hydrogen-bond acceptors (Lipinski definition) is 9. The minimum absolute atomic E-state index is 0.0309. The molecule has 2 aromatic carbocycles. The number of sulfone groups is 1. The van der Waals surface area contributed by atoms with Crippen LogP contribution in [-0.4, -0.2) is 63.2 Å². The van der Waals surface area contributed by atoms with Gasteiger partial charge in [-0.15, -0.1) is 0 Å². The van der Waals surface area contributed by atoms with Crippen molar-refractivity contribution >= 4 is 31.7 Å². The molecule has 0 aromatic heterocycles. The highest BCUT2D eigenvalue weighted by Gasteiger charge is 2.52. The van der Waals surface area contributed by atoms with E-state index < -0.39 is 43.8 Å². The van der Waals surface area contributed by atoms with Crippen molar-refractivity contribution in [2.24, 2.45) is 0 Å². The first-order valence-corrected chi connectivity index (χ1v) is 14.5. The van der Waals surface area contributed by atoms with Gasteiger partial charge in [-0.3, -0.25) is 14.8 Å². The van der Waals surface area contributed by atoms with Crippen LogP contribution in [0.3, 0.4) is 0 Å². The fraction of sp³-hybridized carbons (Fsp3) is 0.391. The molecule has 0 bridgehead atoms. The van der Waals surface area contributed by atoms with Crippen LogP contribution in [0.1, 0.15) is 32.6 Å². The van der Waals surface area contributed by atoms with Crippen molar-refractivity contribution in [3.8, 4) is 11.5 Å². The lowest BCUT2D eigenvalue weighted by atomic mass is 9.96. The van der Waals surface area contributed by atoms with E-state index in [9.17, 15) is 31.6 Å². The maximum atomic E-state index is 13.6. The van der Waals surface area contributed by atoms with Gasteiger partial charge in [-0.05, 0) is 68.3 Å². The van der Waals surface area contributed by atoms with Gasteiger partial charge in [0.05, 0.1) is 16.4 Å². The fourth-order valence-corrected chi connectivity index (χ4v) is 6.51. The van der Waals surface area contributed by atoms with Gasteiger partial charge in [0.15, 0.2) is 9.84 Å². The number of ether oxygens (including phenoxy) is 2. The summed E-state index contributed by atoms with van der Waals surface area (Å²) in [4.78, 5) is 24.9. The highest BCUT2D eigenvalue weighted by Crippen LogP contribution is 2.39. The van der Waals surface area contributed by atoms with Crippen molar-refractivity contribution in [3.05, 3.63) is 48.5 Å². The Morgan fingerprint density at radius 2 is 1.44 bits per heavy atom. The summed E-state index contributed by atoms with van der Waals surface area (Å²) in [6.45, 7) is 0.910. The monoisotopic (exact) mass is 540 g/mol. The number of carbonyl (C=O) groups excluding carboxylic acids is 2. The SMILES string of the molecule is CCOC(=O)CN(C1(C(=O)NO)CCCC1)S(=O)(=O)c1ccc(Oc2ccc(S(C)(=O)=O)cc2)cc1. The average Bonchev–Trinajstić information content (AvgIpc) is 3.33. The Labute approximate surface area is 209 Å². The zero-order valence-electron chi connectivity index (χ0n) is 19.8. The van der Waals surface area contributed by atoms with Crippen LogP contribution in [0.25, 0.3) is 0 Å². The van der Waals surface area contributed by atoms with Crippen LogP contribution >= 0.6 is 0 Å². The molecule has 13 heteroatoms. The molecule has 1 fully saturated rings. The standard InChI is InChI=1S/C23H28N2O9S2/c1-3-33-21(26)16-25(23(22(27)24-28)14-4-5-15-23)36(31,32)20-12-8-18(9-13-20)34-17-6-10-19(11-7-17)35(2,29)30/h6-13,28H,3-5,14-16H2,1-2H3,(H,24,27). The third kappa shape index (κ3) is 5.86. The van der Waals surface area contributed by atoms with Gasteiger partial charge in [-0.25, -0.2) is 22.3 Å². The Balaban J connectivity index is 1.91. The molecular formula is C23H28N2O9S2. The largest absolute Gasteiger partial charge is 0.465 e. The number of nitrogens with zero attached hydrogens (tertiary/aromatic N) is 1. The lowest BCUT2D eigenvalue weighted by Gasteiger charge is -2.37. The molecule has 1 saturated carbocycles. The number of esters is 1. The Morgan fingerprint density at radius 1 is 0.944 bits per heavy atom. The predicted octanol–water partition coefficient (Wildman–Crippen LogP) is 2.25. The van der Waals surface area contributed by atoms with Crippen molar-refractivity contribution in [3.63, 3.8) is 0 Å². The molecule has 1 amide bonds.